The Labute approximate surface area is 86.3 Å². The Morgan fingerprint density at radius 1 is 1.08 bits per heavy atom. The molecular weight excluding hydrogens is 151 g/mol. The third-order valence-electron chi connectivity index (χ3n) is 0.129. The van der Waals surface area contributed by atoms with Gasteiger partial charge < -0.3 is 15.0 Å². The molecule has 0 aromatic carbocycles. The van der Waals surface area contributed by atoms with E-state index in [1.165, 1.54) is 0 Å². The molecule has 0 heterocycles. The van der Waals surface area contributed by atoms with Crippen LogP contribution in [0, 0.1) is 0 Å². The number of aliphatic carboxylic acids is 1. The number of aliphatic hydroxyl groups is 1. The largest absolute Gasteiger partial charge is 1.00 e. The summed E-state index contributed by atoms with van der Waals surface area (Å²) in [5.41, 5.74) is 0. The molecule has 0 radical (unpaired) electrons. The molecule has 0 aliphatic rings. The maximum Gasteiger partial charge on any atom is 1.00 e. The molecule has 0 saturated carbocycles. The molecule has 0 amide bonds. The van der Waals surface area contributed by atoms with Gasteiger partial charge in [-0.15, -0.1) is 39.5 Å². The van der Waals surface area contributed by atoms with Crippen LogP contribution < -0.4 is 24.0 Å². The van der Waals surface area contributed by atoms with Crippen molar-refractivity contribution < 1.29 is 33.9 Å². The zero-order chi connectivity index (χ0) is 10.3. The average Bonchev–Trinajstić information content (AvgIpc) is 2.15. The fraction of sp³-hybridized carbons (Fsp3) is 0.125. The van der Waals surface area contributed by atoms with Crippen molar-refractivity contribution in [3.05, 3.63) is 39.5 Å². The minimum absolute atomic E-state index is 0. The maximum atomic E-state index is 9.01. The molecule has 0 aromatic rings. The molecule has 12 heavy (non-hydrogen) atoms. The van der Waals surface area contributed by atoms with E-state index < -0.39 is 12.6 Å². The summed E-state index contributed by atoms with van der Waals surface area (Å²) in [6.07, 6.45) is 0. The van der Waals surface area contributed by atoms with Crippen molar-refractivity contribution in [3.63, 3.8) is 0 Å². The van der Waals surface area contributed by atoms with Crippen LogP contribution in [0.1, 0.15) is 0 Å². The second-order valence-corrected chi connectivity index (χ2v) is 0.530. The summed E-state index contributed by atoms with van der Waals surface area (Å²) >= 11 is 0. The quantitative estimate of drug-likeness (QED) is 0.336. The summed E-state index contributed by atoms with van der Waals surface area (Å²) in [5.74, 6) is -1.44. The molecule has 66 valence electrons. The number of carboxylic acid groups (broad SMARTS) is 1. The molecule has 0 rings (SSSR count). The van der Waals surface area contributed by atoms with Crippen molar-refractivity contribution in [3.8, 4) is 0 Å². The van der Waals surface area contributed by atoms with Crippen molar-refractivity contribution in [1.82, 2.24) is 0 Å². The van der Waals surface area contributed by atoms with E-state index in [0.717, 1.165) is 0 Å². The fourth-order valence-electron chi connectivity index (χ4n) is 0. The first-order valence-electron chi connectivity index (χ1n) is 2.58. The number of hydrogen-bond acceptors (Lipinski definition) is 3. The summed E-state index contributed by atoms with van der Waals surface area (Å²) in [7, 11) is 0. The second-order valence-electron chi connectivity index (χ2n) is 0.530. The Morgan fingerprint density at radius 3 is 1.17 bits per heavy atom. The Hall–Kier alpha value is -0.753. The molecule has 0 saturated heterocycles. The smallest absolute Gasteiger partial charge is 0.548 e. The Balaban J connectivity index is -0.0000000203. The van der Waals surface area contributed by atoms with E-state index in [-0.39, 0.29) is 18.9 Å². The van der Waals surface area contributed by atoms with Gasteiger partial charge in [0.2, 0.25) is 0 Å². The first-order valence-corrected chi connectivity index (χ1v) is 2.58. The van der Waals surface area contributed by atoms with E-state index in [0.29, 0.717) is 0 Å². The van der Waals surface area contributed by atoms with Crippen molar-refractivity contribution in [1.29, 1.82) is 0 Å². The molecular formula is C8H15LiO3. The maximum absolute atomic E-state index is 9.01. The van der Waals surface area contributed by atoms with Crippen molar-refractivity contribution in [2.45, 2.75) is 0 Å². The Morgan fingerprint density at radius 2 is 1.17 bits per heavy atom. The second kappa shape index (κ2) is 83.1. The van der Waals surface area contributed by atoms with Gasteiger partial charge in [-0.1, -0.05) is 0 Å². The van der Waals surface area contributed by atoms with E-state index in [9.17, 15) is 0 Å². The van der Waals surface area contributed by atoms with Gasteiger partial charge in [0.25, 0.3) is 0 Å². The van der Waals surface area contributed by atoms with Crippen LogP contribution in [0.15, 0.2) is 39.5 Å². The normalized spacial score (nSPS) is 4.08. The van der Waals surface area contributed by atoms with Gasteiger partial charge in [0, 0.05) is 0 Å². The molecule has 0 aromatic heterocycles. The van der Waals surface area contributed by atoms with Crippen LogP contribution in [-0.2, 0) is 4.79 Å². The average molecular weight is 166 g/mol. The van der Waals surface area contributed by atoms with Crippen LogP contribution in [-0.4, -0.2) is 17.7 Å². The summed E-state index contributed by atoms with van der Waals surface area (Å²) in [6, 6.07) is 0. The van der Waals surface area contributed by atoms with Crippen molar-refractivity contribution >= 4 is 5.97 Å². The fourth-order valence-corrected chi connectivity index (χ4v) is 0. The van der Waals surface area contributed by atoms with Crippen molar-refractivity contribution in [2.24, 2.45) is 0 Å². The number of hydrogen-bond donors (Lipinski definition) is 1. The van der Waals surface area contributed by atoms with Crippen LogP contribution in [0.25, 0.3) is 0 Å². The third-order valence-corrected chi connectivity index (χ3v) is 0.129. The number of aliphatic hydroxyl groups excluding tert-OH is 1. The molecule has 1 N–H and O–H groups in total. The number of carbonyl (C=O) groups is 1. The molecule has 0 fully saturated rings. The van der Waals surface area contributed by atoms with Gasteiger partial charge in [0.1, 0.15) is 0 Å². The van der Waals surface area contributed by atoms with E-state index in [4.69, 9.17) is 15.0 Å². The SMILES string of the molecule is C=C.C=C.C=C.O=C([O-])CO.[Li+]. The predicted molar refractivity (Wildman–Crippen MR) is 45.9 cm³/mol. The first kappa shape index (κ1) is 30.3. The Bertz CT molecular complexity index is 71.9. The van der Waals surface area contributed by atoms with Gasteiger partial charge in [-0.25, -0.2) is 0 Å². The zero-order valence-corrected chi connectivity index (χ0v) is 7.71. The predicted octanol–water partition coefficient (Wildman–Crippen LogP) is -2.86. The zero-order valence-electron chi connectivity index (χ0n) is 7.71. The van der Waals surface area contributed by atoms with Crippen LogP contribution in [0.3, 0.4) is 0 Å². The van der Waals surface area contributed by atoms with Gasteiger partial charge in [0.05, 0.1) is 12.6 Å². The van der Waals surface area contributed by atoms with E-state index in [1.54, 1.807) is 0 Å². The topological polar surface area (TPSA) is 60.4 Å². The molecule has 0 aliphatic heterocycles. The third kappa shape index (κ3) is 404. The van der Waals surface area contributed by atoms with Gasteiger partial charge in [-0.3, -0.25) is 0 Å². The van der Waals surface area contributed by atoms with Gasteiger partial charge in [-0.05, 0) is 0 Å². The summed E-state index contributed by atoms with van der Waals surface area (Å²) in [5, 5.41) is 16.5. The van der Waals surface area contributed by atoms with E-state index >= 15 is 0 Å². The number of carboxylic acids is 1. The summed E-state index contributed by atoms with van der Waals surface area (Å²) in [4.78, 5) is 9.01. The molecule has 3 nitrogen and oxygen atoms in total. The number of rotatable bonds is 1. The van der Waals surface area contributed by atoms with Crippen LogP contribution in [0.4, 0.5) is 0 Å². The first-order chi connectivity index (χ1) is 5.27. The molecule has 4 heteroatoms. The van der Waals surface area contributed by atoms with Crippen LogP contribution in [0.2, 0.25) is 0 Å². The molecule has 0 spiro atoms. The van der Waals surface area contributed by atoms with Crippen LogP contribution >= 0.6 is 0 Å². The Kier molecular flexibility index (Phi) is 210. The van der Waals surface area contributed by atoms with Gasteiger partial charge in [0.15, 0.2) is 0 Å². The number of carbonyl (C=O) groups excluding carboxylic acids is 1. The van der Waals surface area contributed by atoms with Gasteiger partial charge >= 0.3 is 18.9 Å². The van der Waals surface area contributed by atoms with E-state index in [2.05, 4.69) is 39.5 Å². The van der Waals surface area contributed by atoms with E-state index in [1.807, 2.05) is 0 Å². The standard InChI is InChI=1S/C2H4O3.3C2H4.Li/c3-1-2(4)5;3*1-2;/h3H,1H2,(H,4,5);3*1-2H2;/q;;;;+1/p-1. The molecule has 0 bridgehead atoms. The van der Waals surface area contributed by atoms with Crippen LogP contribution in [0.5, 0.6) is 0 Å². The summed E-state index contributed by atoms with van der Waals surface area (Å²) < 4.78 is 0. The minimum Gasteiger partial charge on any atom is -0.548 e. The molecule has 0 aliphatic carbocycles. The monoisotopic (exact) mass is 166 g/mol. The summed E-state index contributed by atoms with van der Waals surface area (Å²) in [6.45, 7) is 17.1. The molecule has 0 unspecified atom stereocenters. The van der Waals surface area contributed by atoms with Gasteiger partial charge in [-0.2, -0.15) is 0 Å². The molecule has 0 atom stereocenters. The minimum atomic E-state index is -1.44. The van der Waals surface area contributed by atoms with Crippen molar-refractivity contribution in [2.75, 3.05) is 6.61 Å².